The molecule has 0 spiro atoms. The van der Waals surface area contributed by atoms with Crippen LogP contribution < -0.4 is 20.4 Å². The summed E-state index contributed by atoms with van der Waals surface area (Å²) in [6, 6.07) is 9.20. The maximum absolute atomic E-state index is 14.3. The van der Waals surface area contributed by atoms with Crippen molar-refractivity contribution in [1.82, 2.24) is 15.6 Å². The summed E-state index contributed by atoms with van der Waals surface area (Å²) >= 11 is 0. The van der Waals surface area contributed by atoms with E-state index in [0.29, 0.717) is 17.1 Å². The summed E-state index contributed by atoms with van der Waals surface area (Å²) in [5.41, 5.74) is -0.172. The predicted octanol–water partition coefficient (Wildman–Crippen LogP) is 0.507. The number of aromatic nitrogens is 1. The molecule has 2 atom stereocenters. The minimum atomic E-state index is -1.46. The molecular weight excluding hydrogens is 537 g/mol. The van der Waals surface area contributed by atoms with Crippen molar-refractivity contribution >= 4 is 57.8 Å². The predicted molar refractivity (Wildman–Crippen MR) is 144 cm³/mol. The van der Waals surface area contributed by atoms with E-state index in [-0.39, 0.29) is 29.3 Å². The van der Waals surface area contributed by atoms with Crippen LogP contribution in [0.3, 0.4) is 0 Å². The van der Waals surface area contributed by atoms with Crippen LogP contribution in [-0.4, -0.2) is 77.6 Å². The Morgan fingerprint density at radius 3 is 2.61 bits per heavy atom. The smallest absolute Gasteiger partial charge is 0.271 e. The van der Waals surface area contributed by atoms with Crippen molar-refractivity contribution in [3.8, 4) is 0 Å². The molecule has 212 valence electrons. The Morgan fingerprint density at radius 1 is 1.15 bits per heavy atom. The fourth-order valence-corrected chi connectivity index (χ4v) is 4.56. The van der Waals surface area contributed by atoms with Gasteiger partial charge in [-0.1, -0.05) is 24.3 Å². The molecule has 1 aromatic heterocycles. The fourth-order valence-electron chi connectivity index (χ4n) is 4.56. The van der Waals surface area contributed by atoms with Gasteiger partial charge in [-0.05, 0) is 36.6 Å². The number of aliphatic hydroxyl groups excluding tert-OH is 1. The van der Waals surface area contributed by atoms with Gasteiger partial charge in [0.2, 0.25) is 5.91 Å². The Balaban J connectivity index is 1.72. The molecule has 12 nitrogen and oxygen atoms in total. The first-order chi connectivity index (χ1) is 19.6. The second kappa shape index (κ2) is 12.4. The van der Waals surface area contributed by atoms with E-state index in [1.54, 1.807) is 30.3 Å². The van der Waals surface area contributed by atoms with Gasteiger partial charge in [0.25, 0.3) is 17.7 Å². The Labute approximate surface area is 233 Å². The maximum Gasteiger partial charge on any atom is 0.271 e. The number of fused-ring (bicyclic) bond motifs is 2. The fraction of sp³-hybridized carbons (Fsp3) is 0.250. The molecule has 1 aliphatic rings. The second-order valence-corrected chi connectivity index (χ2v) is 9.34. The number of hydrogen-bond donors (Lipinski definition) is 3. The third-order valence-corrected chi connectivity index (χ3v) is 6.40. The number of aliphatic hydroxyl groups is 1. The third kappa shape index (κ3) is 6.41. The van der Waals surface area contributed by atoms with Gasteiger partial charge in [0.05, 0.1) is 24.0 Å². The highest BCUT2D eigenvalue weighted by Gasteiger charge is 2.38. The Morgan fingerprint density at radius 2 is 1.90 bits per heavy atom. The monoisotopic (exact) mass is 563 g/mol. The Hall–Kier alpha value is -5.04. The number of carbonyl (C=O) groups excluding carboxylic acids is 6. The van der Waals surface area contributed by atoms with Crippen molar-refractivity contribution in [1.29, 1.82) is 0 Å². The Bertz CT molecular complexity index is 1540. The van der Waals surface area contributed by atoms with E-state index in [9.17, 15) is 38.3 Å². The number of amides is 4. The highest BCUT2D eigenvalue weighted by atomic mass is 19.1. The number of halogens is 1. The number of hydrogen-bond acceptors (Lipinski definition) is 8. The number of benzene rings is 2. The highest BCUT2D eigenvalue weighted by Crippen LogP contribution is 2.34. The van der Waals surface area contributed by atoms with Crippen molar-refractivity contribution in [2.75, 3.05) is 29.5 Å². The highest BCUT2D eigenvalue weighted by molar-refractivity contribution is 6.12. The summed E-state index contributed by atoms with van der Waals surface area (Å²) < 4.78 is 14.3. The number of ketones is 1. The second-order valence-electron chi connectivity index (χ2n) is 9.34. The molecule has 0 bridgehead atoms. The molecule has 41 heavy (non-hydrogen) atoms. The van der Waals surface area contributed by atoms with Gasteiger partial charge in [0.15, 0.2) is 0 Å². The molecular formula is C28H26FN5O7. The van der Waals surface area contributed by atoms with E-state index in [0.717, 1.165) is 21.9 Å². The number of nitrogens with one attached hydrogen (secondary N) is 2. The molecule has 2 aromatic carbocycles. The summed E-state index contributed by atoms with van der Waals surface area (Å²) in [6.07, 6.45) is 1.54. The molecule has 0 aliphatic carbocycles. The number of Topliss-reactive ketones (excluding diaryl/α,β-unsaturated/α-hetero) is 1. The molecule has 0 radical (unpaired) electrons. The average Bonchev–Trinajstić information content (AvgIpc) is 3.06. The summed E-state index contributed by atoms with van der Waals surface area (Å²) in [5.74, 6) is -4.40. The van der Waals surface area contributed by atoms with Gasteiger partial charge in [-0.2, -0.15) is 0 Å². The molecule has 1 aliphatic heterocycles. The van der Waals surface area contributed by atoms with Crippen molar-refractivity contribution in [2.24, 2.45) is 0 Å². The van der Waals surface area contributed by atoms with Crippen molar-refractivity contribution in [3.63, 3.8) is 0 Å². The topological polar surface area (TPSA) is 166 Å². The molecule has 0 saturated heterocycles. The summed E-state index contributed by atoms with van der Waals surface area (Å²) in [4.78, 5) is 81.7. The van der Waals surface area contributed by atoms with Crippen molar-refractivity contribution in [3.05, 3.63) is 66.2 Å². The lowest BCUT2D eigenvalue weighted by molar-refractivity contribution is -0.127. The minimum absolute atomic E-state index is 0.00564. The third-order valence-electron chi connectivity index (χ3n) is 6.40. The zero-order valence-corrected chi connectivity index (χ0v) is 21.9. The van der Waals surface area contributed by atoms with Crippen molar-refractivity contribution in [2.45, 2.75) is 25.4 Å². The quantitative estimate of drug-likeness (QED) is 0.317. The van der Waals surface area contributed by atoms with E-state index in [1.165, 1.54) is 19.2 Å². The normalized spacial score (nSPS) is 15.5. The molecule has 0 unspecified atom stereocenters. The van der Waals surface area contributed by atoms with E-state index >= 15 is 0 Å². The molecule has 13 heteroatoms. The van der Waals surface area contributed by atoms with Gasteiger partial charge in [-0.3, -0.25) is 33.9 Å². The molecule has 3 N–H and O–H groups in total. The first-order valence-corrected chi connectivity index (χ1v) is 12.5. The van der Waals surface area contributed by atoms with Crippen LogP contribution in [0.4, 0.5) is 15.8 Å². The molecule has 0 fully saturated rings. The number of pyridine rings is 1. The molecule has 4 amide bonds. The zero-order chi connectivity index (χ0) is 29.7. The standard InChI is InChI=1S/C28H26FN5O7/c1-16(37)10-19(14-35)31-24(38)13-34-22-7-6-18(29)11-23(22)33(25(39)15-36)12-21(28(34)41)32-27(40)26-20-5-3-2-4-17(20)8-9-30-26/h2-9,11,14,19,21,36H,10,12-13,15H2,1H3,(H,31,38)(H,32,40)/t19-,21-/m0/s1. The number of rotatable bonds is 9. The summed E-state index contributed by atoms with van der Waals surface area (Å²) in [7, 11) is 0. The average molecular weight is 564 g/mol. The van der Waals surface area contributed by atoms with Gasteiger partial charge in [-0.25, -0.2) is 4.39 Å². The van der Waals surface area contributed by atoms with Gasteiger partial charge >= 0.3 is 0 Å². The molecule has 0 saturated carbocycles. The van der Waals surface area contributed by atoms with E-state index in [2.05, 4.69) is 15.6 Å². The first kappa shape index (κ1) is 29.0. The van der Waals surface area contributed by atoms with Crippen LogP contribution in [0.25, 0.3) is 10.8 Å². The lowest BCUT2D eigenvalue weighted by Gasteiger charge is -2.25. The van der Waals surface area contributed by atoms with Crippen LogP contribution in [-0.2, 0) is 24.0 Å². The SMILES string of the molecule is CC(=O)C[C@@H](C=O)NC(=O)CN1C(=O)[C@@H](NC(=O)c2nccc3ccccc23)CN(C(=O)CO)c2cc(F)ccc21. The van der Waals surface area contributed by atoms with E-state index in [1.807, 2.05) is 0 Å². The number of nitrogens with zero attached hydrogens (tertiary/aromatic N) is 3. The number of aldehydes is 1. The molecule has 2 heterocycles. The van der Waals surface area contributed by atoms with Crippen LogP contribution in [0.2, 0.25) is 0 Å². The summed E-state index contributed by atoms with van der Waals surface area (Å²) in [5, 5.41) is 15.8. The van der Waals surface area contributed by atoms with Gasteiger partial charge in [0, 0.05) is 18.0 Å². The van der Waals surface area contributed by atoms with Crippen molar-refractivity contribution < 1.29 is 38.3 Å². The van der Waals surface area contributed by atoms with Crippen LogP contribution in [0, 0.1) is 5.82 Å². The number of carbonyl (C=O) groups is 6. The van der Waals surface area contributed by atoms with Crippen LogP contribution in [0.5, 0.6) is 0 Å². The Kier molecular flexibility index (Phi) is 8.78. The summed E-state index contributed by atoms with van der Waals surface area (Å²) in [6.45, 7) is -0.927. The lowest BCUT2D eigenvalue weighted by atomic mass is 10.1. The largest absolute Gasteiger partial charge is 0.387 e. The molecule has 3 aromatic rings. The first-order valence-electron chi connectivity index (χ1n) is 12.5. The zero-order valence-electron chi connectivity index (χ0n) is 21.9. The van der Waals surface area contributed by atoms with E-state index in [4.69, 9.17) is 0 Å². The molecule has 4 rings (SSSR count). The van der Waals surface area contributed by atoms with Gasteiger partial charge in [0.1, 0.15) is 42.8 Å². The minimum Gasteiger partial charge on any atom is -0.387 e. The lowest BCUT2D eigenvalue weighted by Crippen LogP contribution is -2.55. The van der Waals surface area contributed by atoms with Crippen LogP contribution in [0.1, 0.15) is 23.8 Å². The van der Waals surface area contributed by atoms with Gasteiger partial charge in [-0.15, -0.1) is 0 Å². The van der Waals surface area contributed by atoms with E-state index < -0.39 is 61.2 Å². The van der Waals surface area contributed by atoms with Crippen LogP contribution >= 0.6 is 0 Å². The maximum atomic E-state index is 14.3. The van der Waals surface area contributed by atoms with Gasteiger partial charge < -0.3 is 25.4 Å². The van der Waals surface area contributed by atoms with Crippen LogP contribution in [0.15, 0.2) is 54.7 Å². The number of anilines is 2.